The molecule has 0 atom stereocenters. The van der Waals surface area contributed by atoms with Crippen LogP contribution in [0.3, 0.4) is 0 Å². The molecule has 0 aromatic carbocycles. The fourth-order valence-electron chi connectivity index (χ4n) is 0.204. The molecule has 0 amide bonds. The maximum atomic E-state index is 5.20. The van der Waals surface area contributed by atoms with Crippen molar-refractivity contribution in [2.24, 2.45) is 0 Å². The number of rotatable bonds is 2. The number of hydrogen-bond donors (Lipinski definition) is 0. The standard InChI is InChI=1S/C4H10O.CH3Cl3Si.CH6Si.Al.Li.4H/c1-3-5-4-2;1-5(2,3)4;1-2;;;;;;/h3-4H2,1-2H3;1H3;1-2H3;;;;;;/q;;;;+1;;;;-1. The molecule has 0 N–H and O–H groups in total. The number of ether oxygens (including phenoxy) is 1. The van der Waals surface area contributed by atoms with Crippen LogP contribution >= 0.6 is 33.2 Å². The summed E-state index contributed by atoms with van der Waals surface area (Å²) in [5.74, 6) is 0. The Balaban J connectivity index is -0.0000000197. The first-order chi connectivity index (χ1) is 5.41. The van der Waals surface area contributed by atoms with Gasteiger partial charge in [0.05, 0.1) is 0 Å². The Kier molecular flexibility index (Phi) is 52.5. The summed E-state index contributed by atoms with van der Waals surface area (Å²) >= 11 is 15.6. The van der Waals surface area contributed by atoms with Gasteiger partial charge in [0.25, 0.3) is 0 Å². The number of halogens is 3. The summed E-state index contributed by atoms with van der Waals surface area (Å²) in [6.45, 7) is 9.43. The molecule has 0 heterocycles. The molecule has 14 heavy (non-hydrogen) atoms. The molecule has 0 radical (unpaired) electrons. The fourth-order valence-corrected chi connectivity index (χ4v) is 0.204. The van der Waals surface area contributed by atoms with Crippen LogP contribution in [0.2, 0.25) is 13.1 Å². The summed E-state index contributed by atoms with van der Waals surface area (Å²) in [6.07, 6.45) is 0. The van der Waals surface area contributed by atoms with E-state index < -0.39 is 6.00 Å². The second-order valence-electron chi connectivity index (χ2n) is 1.56. The van der Waals surface area contributed by atoms with Crippen LogP contribution in [0, 0.1) is 0 Å². The molecule has 1 nitrogen and oxygen atoms in total. The maximum absolute atomic E-state index is 5.20. The van der Waals surface area contributed by atoms with Gasteiger partial charge in [-0.25, -0.2) is 0 Å². The molecule has 0 bridgehead atoms. The Bertz CT molecular complexity index is 75.9. The van der Waals surface area contributed by atoms with Crippen LogP contribution in [0.15, 0.2) is 0 Å². The second-order valence-corrected chi connectivity index (χ2v) is 11.7. The van der Waals surface area contributed by atoms with Crippen molar-refractivity contribution in [2.75, 3.05) is 13.2 Å². The molecule has 0 fully saturated rings. The average Bonchev–Trinajstić information content (AvgIpc) is 1.90. The largest absolute Gasteiger partial charge is 1.00 e. The topological polar surface area (TPSA) is 9.23 Å². The van der Waals surface area contributed by atoms with Crippen LogP contribution in [0.5, 0.6) is 0 Å². The van der Waals surface area contributed by atoms with Crippen molar-refractivity contribution >= 4 is 66.8 Å². The molecule has 0 saturated carbocycles. The van der Waals surface area contributed by atoms with Gasteiger partial charge >= 0.3 is 24.9 Å². The van der Waals surface area contributed by atoms with E-state index >= 15 is 0 Å². The monoisotopic (exact) mass is 306 g/mol. The van der Waals surface area contributed by atoms with Crippen molar-refractivity contribution in [3.63, 3.8) is 0 Å². The summed E-state index contributed by atoms with van der Waals surface area (Å²) in [4.78, 5) is 0. The predicted octanol–water partition coefficient (Wildman–Crippen LogP) is -1.35. The Labute approximate surface area is 131 Å². The van der Waals surface area contributed by atoms with Crippen LogP contribution in [-0.2, 0) is 4.74 Å². The Morgan fingerprint density at radius 3 is 1.29 bits per heavy atom. The zero-order chi connectivity index (χ0) is 10.6. The second kappa shape index (κ2) is 24.6. The molecule has 0 aromatic rings. The van der Waals surface area contributed by atoms with Crippen molar-refractivity contribution in [1.29, 1.82) is 0 Å². The summed E-state index contributed by atoms with van der Waals surface area (Å²) in [5, 5.41) is 0. The zero-order valence-corrected chi connectivity index (χ0v) is 14.7. The van der Waals surface area contributed by atoms with Gasteiger partial charge in [-0.2, -0.15) is 0 Å². The van der Waals surface area contributed by atoms with Gasteiger partial charge < -0.3 is 6.16 Å². The zero-order valence-electron chi connectivity index (χ0n) is 10.5. The minimum absolute atomic E-state index is 0. The van der Waals surface area contributed by atoms with Gasteiger partial charge in [0.1, 0.15) is 0 Å². The number of hydrogen-bond acceptors (Lipinski definition) is 1. The first-order valence-corrected chi connectivity index (χ1v) is 11.6. The summed E-state index contributed by atoms with van der Waals surface area (Å²) < 4.78 is 4.83. The third-order valence-corrected chi connectivity index (χ3v) is 0.408. The summed E-state index contributed by atoms with van der Waals surface area (Å²) in [7, 11) is 1.31. The SMILES string of the molecule is CCOCC.C[SiH3].C[Si](Cl)(Cl)Cl.[AlH3].[H-].[Li+]. The Morgan fingerprint density at radius 1 is 1.14 bits per heavy atom. The van der Waals surface area contributed by atoms with E-state index in [1.807, 2.05) is 13.8 Å². The first-order valence-electron chi connectivity index (χ1n) is 4.06. The first kappa shape index (κ1) is 29.9. The van der Waals surface area contributed by atoms with E-state index in [1.165, 1.54) is 10.2 Å². The van der Waals surface area contributed by atoms with Crippen molar-refractivity contribution in [2.45, 2.75) is 26.9 Å². The van der Waals surface area contributed by atoms with E-state index in [-0.39, 0.29) is 37.6 Å². The molecule has 86 valence electrons. The Hall–Kier alpha value is 2.39. The molecule has 0 rings (SSSR count). The van der Waals surface area contributed by atoms with Gasteiger partial charge in [-0.15, -0.1) is 33.2 Å². The smallest absolute Gasteiger partial charge is 1.00 e. The fraction of sp³-hybridized carbons (Fsp3) is 1.00. The van der Waals surface area contributed by atoms with E-state index in [0.717, 1.165) is 13.2 Å². The van der Waals surface area contributed by atoms with E-state index in [1.54, 1.807) is 6.55 Å². The van der Waals surface area contributed by atoms with Gasteiger partial charge in [-0.05, 0) is 30.6 Å². The van der Waals surface area contributed by atoms with E-state index in [4.69, 9.17) is 38.0 Å². The minimum atomic E-state index is -2.19. The third-order valence-electron chi connectivity index (χ3n) is 0.408. The van der Waals surface area contributed by atoms with Crippen molar-refractivity contribution in [1.82, 2.24) is 0 Å². The molecular weight excluding hydrogens is 285 g/mol. The van der Waals surface area contributed by atoms with Crippen LogP contribution < -0.4 is 18.9 Å². The van der Waals surface area contributed by atoms with E-state index in [2.05, 4.69) is 6.55 Å². The van der Waals surface area contributed by atoms with Gasteiger partial charge in [0, 0.05) is 13.2 Å². The van der Waals surface area contributed by atoms with Crippen molar-refractivity contribution in [3.8, 4) is 0 Å². The molecule has 0 spiro atoms. The van der Waals surface area contributed by atoms with E-state index in [9.17, 15) is 0 Å². The van der Waals surface area contributed by atoms with Crippen LogP contribution in [-0.4, -0.2) is 46.8 Å². The Morgan fingerprint density at radius 2 is 1.29 bits per heavy atom. The van der Waals surface area contributed by atoms with Gasteiger partial charge in [0.2, 0.25) is 0 Å². The normalized spacial score (nSPS) is 7.93. The molecule has 0 aliphatic heterocycles. The molecule has 0 saturated heterocycles. The van der Waals surface area contributed by atoms with Crippen LogP contribution in [0.25, 0.3) is 0 Å². The summed E-state index contributed by atoms with van der Waals surface area (Å²) in [6, 6.07) is -2.19. The maximum Gasteiger partial charge on any atom is 1.00 e. The molecule has 0 aliphatic rings. The summed E-state index contributed by atoms with van der Waals surface area (Å²) in [5.41, 5.74) is 0. The van der Waals surface area contributed by atoms with Crippen LogP contribution in [0.4, 0.5) is 0 Å². The molecule has 8 heteroatoms. The van der Waals surface area contributed by atoms with Crippen molar-refractivity contribution < 1.29 is 25.0 Å². The predicted molar refractivity (Wildman–Crippen MR) is 78.2 cm³/mol. The molecular formula is C6H23AlCl3LiOSi2. The van der Waals surface area contributed by atoms with Gasteiger partial charge in [-0.1, -0.05) is 6.55 Å². The van der Waals surface area contributed by atoms with Gasteiger partial charge in [0.15, 0.2) is 17.4 Å². The average molecular weight is 308 g/mol. The quantitative estimate of drug-likeness (QED) is 0.453. The van der Waals surface area contributed by atoms with Crippen molar-refractivity contribution in [3.05, 3.63) is 0 Å². The third kappa shape index (κ3) is 134. The van der Waals surface area contributed by atoms with E-state index in [0.29, 0.717) is 0 Å². The molecule has 0 aromatic heterocycles. The van der Waals surface area contributed by atoms with Crippen LogP contribution in [0.1, 0.15) is 15.3 Å². The van der Waals surface area contributed by atoms with Gasteiger partial charge in [-0.3, -0.25) is 0 Å². The molecule has 0 unspecified atom stereocenters. The molecule has 0 aliphatic carbocycles. The minimum Gasteiger partial charge on any atom is -1.00 e.